The fourth-order valence-electron chi connectivity index (χ4n) is 4.28. The molecule has 1 atom stereocenters. The standard InChI is InChI=1S/C18H23N5O/c19-12-1-4-14-16(9-12)23(13-2-3-13)21-17(14)18(24)20-15-10-22-7-5-11(15)6-8-22/h1,4,9,11,13,15H,2-3,5-8,10,19H2,(H,20,24)/t15-/m1/s1. The number of nitrogens with one attached hydrogen (secondary N) is 1. The lowest BCUT2D eigenvalue weighted by Crippen LogP contribution is -2.57. The van der Waals surface area contributed by atoms with Crippen LogP contribution in [0, 0.1) is 5.92 Å². The Morgan fingerprint density at radius 3 is 2.67 bits per heavy atom. The molecule has 4 aliphatic rings. The number of piperidine rings is 3. The molecule has 2 bridgehead atoms. The number of fused-ring (bicyclic) bond motifs is 4. The summed E-state index contributed by atoms with van der Waals surface area (Å²) >= 11 is 0. The first kappa shape index (κ1) is 14.3. The lowest BCUT2D eigenvalue weighted by molar-refractivity contribution is 0.0618. The molecule has 6 nitrogen and oxygen atoms in total. The first-order valence-corrected chi connectivity index (χ1v) is 9.00. The largest absolute Gasteiger partial charge is 0.399 e. The molecule has 1 aliphatic carbocycles. The van der Waals surface area contributed by atoms with Crippen molar-refractivity contribution in [1.82, 2.24) is 20.0 Å². The highest BCUT2D eigenvalue weighted by molar-refractivity contribution is 6.05. The van der Waals surface area contributed by atoms with Crippen LogP contribution in [-0.2, 0) is 0 Å². The predicted molar refractivity (Wildman–Crippen MR) is 92.8 cm³/mol. The monoisotopic (exact) mass is 325 g/mol. The minimum Gasteiger partial charge on any atom is -0.399 e. The molecule has 1 aromatic carbocycles. The van der Waals surface area contributed by atoms with Crippen molar-refractivity contribution in [1.29, 1.82) is 0 Å². The predicted octanol–water partition coefficient (Wildman–Crippen LogP) is 1.78. The number of anilines is 1. The van der Waals surface area contributed by atoms with Crippen LogP contribution in [-0.4, -0.2) is 46.3 Å². The van der Waals surface area contributed by atoms with E-state index in [-0.39, 0.29) is 11.9 Å². The van der Waals surface area contributed by atoms with E-state index in [1.807, 2.05) is 22.9 Å². The number of hydrogen-bond acceptors (Lipinski definition) is 4. The quantitative estimate of drug-likeness (QED) is 0.844. The number of rotatable bonds is 3. The molecule has 126 valence electrons. The van der Waals surface area contributed by atoms with Crippen LogP contribution in [0.25, 0.3) is 10.9 Å². The second kappa shape index (κ2) is 5.21. The first-order chi connectivity index (χ1) is 11.7. The molecule has 0 unspecified atom stereocenters. The third-order valence-corrected chi connectivity index (χ3v) is 5.81. The van der Waals surface area contributed by atoms with Gasteiger partial charge in [-0.3, -0.25) is 9.48 Å². The van der Waals surface area contributed by atoms with E-state index in [4.69, 9.17) is 5.73 Å². The third-order valence-electron chi connectivity index (χ3n) is 5.81. The Kier molecular flexibility index (Phi) is 3.10. The molecule has 4 fully saturated rings. The van der Waals surface area contributed by atoms with Crippen LogP contribution in [0.15, 0.2) is 18.2 Å². The van der Waals surface area contributed by atoms with Crippen molar-refractivity contribution in [3.05, 3.63) is 23.9 Å². The number of benzene rings is 1. The fraction of sp³-hybridized carbons (Fsp3) is 0.556. The second-order valence-corrected chi connectivity index (χ2v) is 7.52. The van der Waals surface area contributed by atoms with Gasteiger partial charge in [0.05, 0.1) is 11.6 Å². The van der Waals surface area contributed by atoms with E-state index in [2.05, 4.69) is 15.3 Å². The number of carbonyl (C=O) groups is 1. The lowest BCUT2D eigenvalue weighted by atomic mass is 9.84. The summed E-state index contributed by atoms with van der Waals surface area (Å²) < 4.78 is 2.00. The Labute approximate surface area is 141 Å². The summed E-state index contributed by atoms with van der Waals surface area (Å²) in [6.07, 6.45) is 4.65. The fourth-order valence-corrected chi connectivity index (χ4v) is 4.28. The molecule has 6 rings (SSSR count). The van der Waals surface area contributed by atoms with Gasteiger partial charge in [-0.1, -0.05) is 0 Å². The Bertz CT molecular complexity index is 801. The lowest BCUT2D eigenvalue weighted by Gasteiger charge is -2.44. The maximum atomic E-state index is 12.9. The summed E-state index contributed by atoms with van der Waals surface area (Å²) in [7, 11) is 0. The molecule has 4 heterocycles. The van der Waals surface area contributed by atoms with Crippen molar-refractivity contribution in [2.75, 3.05) is 25.4 Å². The molecule has 6 heteroatoms. The van der Waals surface area contributed by atoms with Gasteiger partial charge in [-0.05, 0) is 62.9 Å². The van der Waals surface area contributed by atoms with Gasteiger partial charge in [0, 0.05) is 23.7 Å². The zero-order valence-corrected chi connectivity index (χ0v) is 13.7. The molecule has 1 amide bonds. The van der Waals surface area contributed by atoms with E-state index in [9.17, 15) is 4.79 Å². The second-order valence-electron chi connectivity index (χ2n) is 7.52. The van der Waals surface area contributed by atoms with E-state index in [1.165, 1.54) is 25.9 Å². The Morgan fingerprint density at radius 2 is 2.00 bits per heavy atom. The highest BCUT2D eigenvalue weighted by Crippen LogP contribution is 2.38. The molecular formula is C18H23N5O. The van der Waals surface area contributed by atoms with Crippen LogP contribution in [0.2, 0.25) is 0 Å². The molecule has 3 N–H and O–H groups in total. The van der Waals surface area contributed by atoms with Gasteiger partial charge in [0.15, 0.2) is 5.69 Å². The Hall–Kier alpha value is -2.08. The van der Waals surface area contributed by atoms with Gasteiger partial charge in [0.2, 0.25) is 0 Å². The van der Waals surface area contributed by atoms with E-state index in [1.54, 1.807) is 0 Å². The number of amides is 1. The van der Waals surface area contributed by atoms with Gasteiger partial charge in [-0.25, -0.2) is 0 Å². The zero-order valence-electron chi connectivity index (χ0n) is 13.7. The summed E-state index contributed by atoms with van der Waals surface area (Å²) in [5.74, 6) is 0.578. The van der Waals surface area contributed by atoms with Gasteiger partial charge < -0.3 is 16.0 Å². The van der Waals surface area contributed by atoms with Crippen molar-refractivity contribution in [3.8, 4) is 0 Å². The number of aromatic nitrogens is 2. The van der Waals surface area contributed by atoms with Crippen molar-refractivity contribution in [3.63, 3.8) is 0 Å². The number of carbonyl (C=O) groups excluding carboxylic acids is 1. The normalized spacial score (nSPS) is 29.1. The third kappa shape index (κ3) is 2.28. The molecule has 2 aromatic rings. The molecule has 0 radical (unpaired) electrons. The molecule has 3 aliphatic heterocycles. The van der Waals surface area contributed by atoms with Gasteiger partial charge in [-0.15, -0.1) is 0 Å². The highest BCUT2D eigenvalue weighted by atomic mass is 16.2. The van der Waals surface area contributed by atoms with E-state index in [0.717, 1.165) is 30.3 Å². The Morgan fingerprint density at radius 1 is 1.21 bits per heavy atom. The van der Waals surface area contributed by atoms with Crippen LogP contribution in [0.5, 0.6) is 0 Å². The maximum absolute atomic E-state index is 12.9. The molecular weight excluding hydrogens is 302 g/mol. The van der Waals surface area contributed by atoms with Gasteiger partial charge in [-0.2, -0.15) is 5.10 Å². The minimum absolute atomic E-state index is 0.0390. The van der Waals surface area contributed by atoms with Gasteiger partial charge in [0.25, 0.3) is 5.91 Å². The topological polar surface area (TPSA) is 76.2 Å². The average molecular weight is 325 g/mol. The molecule has 1 saturated carbocycles. The zero-order chi connectivity index (χ0) is 16.3. The van der Waals surface area contributed by atoms with Crippen LogP contribution in [0.4, 0.5) is 5.69 Å². The molecule has 24 heavy (non-hydrogen) atoms. The van der Waals surface area contributed by atoms with Crippen LogP contribution < -0.4 is 11.1 Å². The van der Waals surface area contributed by atoms with Crippen LogP contribution in [0.3, 0.4) is 0 Å². The average Bonchev–Trinajstić information content (AvgIpc) is 3.37. The van der Waals surface area contributed by atoms with E-state index >= 15 is 0 Å². The molecule has 3 saturated heterocycles. The van der Waals surface area contributed by atoms with Crippen LogP contribution in [0.1, 0.15) is 42.2 Å². The first-order valence-electron chi connectivity index (χ1n) is 9.00. The van der Waals surface area contributed by atoms with Crippen molar-refractivity contribution in [2.45, 2.75) is 37.8 Å². The summed E-state index contributed by atoms with van der Waals surface area (Å²) in [5, 5.41) is 8.83. The molecule has 1 aromatic heterocycles. The number of nitrogens with zero attached hydrogens (tertiary/aromatic N) is 3. The van der Waals surface area contributed by atoms with E-state index in [0.29, 0.717) is 23.3 Å². The van der Waals surface area contributed by atoms with Gasteiger partial charge in [0.1, 0.15) is 0 Å². The number of nitrogen functional groups attached to an aromatic ring is 1. The highest BCUT2D eigenvalue weighted by Gasteiger charge is 2.36. The Balaban J connectivity index is 1.46. The van der Waals surface area contributed by atoms with Crippen molar-refractivity contribution in [2.24, 2.45) is 5.92 Å². The number of nitrogens with two attached hydrogens (primary N) is 1. The maximum Gasteiger partial charge on any atom is 0.272 e. The summed E-state index contributed by atoms with van der Waals surface area (Å²) in [4.78, 5) is 15.4. The van der Waals surface area contributed by atoms with Crippen LogP contribution >= 0.6 is 0 Å². The van der Waals surface area contributed by atoms with Gasteiger partial charge >= 0.3 is 0 Å². The molecule has 0 spiro atoms. The summed E-state index contributed by atoms with van der Waals surface area (Å²) in [5.41, 5.74) is 8.19. The SMILES string of the molecule is Nc1ccc2c(C(=O)N[C@@H]3CN4CCC3CC4)nn(C3CC3)c2c1. The van der Waals surface area contributed by atoms with E-state index < -0.39 is 0 Å². The summed E-state index contributed by atoms with van der Waals surface area (Å²) in [6, 6.07) is 6.41. The summed E-state index contributed by atoms with van der Waals surface area (Å²) in [6.45, 7) is 3.33. The van der Waals surface area contributed by atoms with Crippen molar-refractivity contribution < 1.29 is 4.79 Å². The van der Waals surface area contributed by atoms with Crippen molar-refractivity contribution >= 4 is 22.5 Å². The number of hydrogen-bond donors (Lipinski definition) is 2. The smallest absolute Gasteiger partial charge is 0.272 e. The minimum atomic E-state index is -0.0390.